The van der Waals surface area contributed by atoms with E-state index < -0.39 is 0 Å². The predicted octanol–water partition coefficient (Wildman–Crippen LogP) is 1.39. The molecule has 0 fully saturated rings. The van der Waals surface area contributed by atoms with Gasteiger partial charge in [0.15, 0.2) is 0 Å². The van der Waals surface area contributed by atoms with Crippen LogP contribution in [0.2, 0.25) is 0 Å². The number of rotatable bonds is 4. The van der Waals surface area contributed by atoms with Crippen LogP contribution in [0.1, 0.15) is 23.7 Å². The molecule has 1 rings (SSSR count). The van der Waals surface area contributed by atoms with Crippen LogP contribution in [0.3, 0.4) is 0 Å². The Balaban J connectivity index is 2.55. The summed E-state index contributed by atoms with van der Waals surface area (Å²) >= 11 is 0. The summed E-state index contributed by atoms with van der Waals surface area (Å²) in [6, 6.07) is 8.83. The van der Waals surface area contributed by atoms with Gasteiger partial charge in [0.25, 0.3) is 5.91 Å². The molecule has 3 nitrogen and oxygen atoms in total. The molecule has 0 bridgehead atoms. The van der Waals surface area contributed by atoms with E-state index in [0.29, 0.717) is 12.0 Å². The molecule has 0 aliphatic carbocycles. The molecule has 0 saturated carbocycles. The highest BCUT2D eigenvalue weighted by Gasteiger charge is 2.07. The molecule has 0 aliphatic heterocycles. The summed E-state index contributed by atoms with van der Waals surface area (Å²) in [5, 5.41) is 2.73. The second-order valence-electron chi connectivity index (χ2n) is 3.14. The smallest absolute Gasteiger partial charge is 0.251 e. The first-order chi connectivity index (χ1) is 6.74. The van der Waals surface area contributed by atoms with Gasteiger partial charge in [0.2, 0.25) is 0 Å². The van der Waals surface area contributed by atoms with Crippen molar-refractivity contribution in [2.45, 2.75) is 19.4 Å². The second kappa shape index (κ2) is 5.17. The third kappa shape index (κ3) is 3.01. The van der Waals surface area contributed by atoms with E-state index in [4.69, 9.17) is 0 Å². The molecule has 0 heterocycles. The van der Waals surface area contributed by atoms with Gasteiger partial charge in [0, 0.05) is 18.0 Å². The SMILES string of the molecule is C[C@@H](CC=O)NC(=O)c1ccccc1. The maximum Gasteiger partial charge on any atom is 0.251 e. The number of carbonyl (C=O) groups is 2. The first-order valence-electron chi connectivity index (χ1n) is 4.53. The molecule has 0 spiro atoms. The van der Waals surface area contributed by atoms with Gasteiger partial charge in [-0.05, 0) is 19.1 Å². The Hall–Kier alpha value is -1.64. The van der Waals surface area contributed by atoms with Gasteiger partial charge < -0.3 is 10.1 Å². The van der Waals surface area contributed by atoms with Gasteiger partial charge >= 0.3 is 0 Å². The van der Waals surface area contributed by atoms with E-state index in [1.807, 2.05) is 6.07 Å². The predicted molar refractivity (Wildman–Crippen MR) is 54.1 cm³/mol. The lowest BCUT2D eigenvalue weighted by molar-refractivity contribution is -0.108. The highest BCUT2D eigenvalue weighted by molar-refractivity contribution is 5.94. The van der Waals surface area contributed by atoms with Crippen LogP contribution in [0.15, 0.2) is 30.3 Å². The number of hydrogen-bond acceptors (Lipinski definition) is 2. The molecule has 1 atom stereocenters. The van der Waals surface area contributed by atoms with Crippen molar-refractivity contribution in [3.63, 3.8) is 0 Å². The van der Waals surface area contributed by atoms with Gasteiger partial charge in [-0.25, -0.2) is 0 Å². The summed E-state index contributed by atoms with van der Waals surface area (Å²) in [7, 11) is 0. The molecule has 0 aromatic heterocycles. The fraction of sp³-hybridized carbons (Fsp3) is 0.273. The Morgan fingerprint density at radius 1 is 1.43 bits per heavy atom. The lowest BCUT2D eigenvalue weighted by Crippen LogP contribution is -2.32. The standard InChI is InChI=1S/C11H13NO2/c1-9(7-8-13)12-11(14)10-5-3-2-4-6-10/h2-6,8-9H,7H2,1H3,(H,12,14)/t9-/m0/s1. The lowest BCUT2D eigenvalue weighted by atomic mass is 10.2. The van der Waals surface area contributed by atoms with Crippen LogP contribution >= 0.6 is 0 Å². The first kappa shape index (κ1) is 10.4. The maximum absolute atomic E-state index is 11.5. The Bertz CT molecular complexity index is 308. The molecule has 0 aliphatic rings. The van der Waals surface area contributed by atoms with Crippen LogP contribution in [0.5, 0.6) is 0 Å². The van der Waals surface area contributed by atoms with E-state index in [9.17, 15) is 9.59 Å². The third-order valence-electron chi connectivity index (χ3n) is 1.86. The Morgan fingerprint density at radius 3 is 2.64 bits per heavy atom. The van der Waals surface area contributed by atoms with Crippen molar-refractivity contribution in [1.82, 2.24) is 5.32 Å². The molecule has 1 aromatic rings. The Labute approximate surface area is 83.1 Å². The molecular weight excluding hydrogens is 178 g/mol. The Kier molecular flexibility index (Phi) is 3.85. The van der Waals surface area contributed by atoms with Gasteiger partial charge in [-0.3, -0.25) is 4.79 Å². The molecule has 74 valence electrons. The molecule has 1 aromatic carbocycles. The van der Waals surface area contributed by atoms with Crippen molar-refractivity contribution in [2.75, 3.05) is 0 Å². The minimum absolute atomic E-state index is 0.111. The number of aldehydes is 1. The molecule has 0 unspecified atom stereocenters. The lowest BCUT2D eigenvalue weighted by Gasteiger charge is -2.10. The fourth-order valence-corrected chi connectivity index (χ4v) is 1.10. The zero-order chi connectivity index (χ0) is 10.4. The van der Waals surface area contributed by atoms with E-state index in [0.717, 1.165) is 6.29 Å². The van der Waals surface area contributed by atoms with Crippen LogP contribution in [0, 0.1) is 0 Å². The van der Waals surface area contributed by atoms with Crippen molar-refractivity contribution in [2.24, 2.45) is 0 Å². The topological polar surface area (TPSA) is 46.2 Å². The third-order valence-corrected chi connectivity index (χ3v) is 1.86. The second-order valence-corrected chi connectivity index (χ2v) is 3.14. The molecule has 3 heteroatoms. The monoisotopic (exact) mass is 191 g/mol. The van der Waals surface area contributed by atoms with E-state index in [1.54, 1.807) is 31.2 Å². The van der Waals surface area contributed by atoms with Crippen molar-refractivity contribution >= 4 is 12.2 Å². The zero-order valence-electron chi connectivity index (χ0n) is 8.07. The number of nitrogens with one attached hydrogen (secondary N) is 1. The summed E-state index contributed by atoms with van der Waals surface area (Å²) in [5.74, 6) is -0.139. The molecule has 0 saturated heterocycles. The van der Waals surface area contributed by atoms with Gasteiger partial charge in [-0.15, -0.1) is 0 Å². The number of hydrogen-bond donors (Lipinski definition) is 1. The number of benzene rings is 1. The zero-order valence-corrected chi connectivity index (χ0v) is 8.07. The average Bonchev–Trinajstić information content (AvgIpc) is 2.19. The van der Waals surface area contributed by atoms with Crippen molar-refractivity contribution in [1.29, 1.82) is 0 Å². The molecule has 0 radical (unpaired) electrons. The van der Waals surface area contributed by atoms with Crippen LogP contribution < -0.4 is 5.32 Å². The minimum atomic E-state index is -0.139. The van der Waals surface area contributed by atoms with Crippen LogP contribution in [0.4, 0.5) is 0 Å². The van der Waals surface area contributed by atoms with E-state index >= 15 is 0 Å². The summed E-state index contributed by atoms with van der Waals surface area (Å²) in [6.45, 7) is 1.80. The van der Waals surface area contributed by atoms with Gasteiger partial charge in [-0.1, -0.05) is 18.2 Å². The number of carbonyl (C=O) groups excluding carboxylic acids is 2. The summed E-state index contributed by atoms with van der Waals surface area (Å²) in [6.07, 6.45) is 1.15. The Morgan fingerprint density at radius 2 is 2.07 bits per heavy atom. The summed E-state index contributed by atoms with van der Waals surface area (Å²) < 4.78 is 0. The van der Waals surface area contributed by atoms with E-state index in [1.165, 1.54) is 0 Å². The quantitative estimate of drug-likeness (QED) is 0.731. The summed E-state index contributed by atoms with van der Waals surface area (Å²) in [4.78, 5) is 21.7. The van der Waals surface area contributed by atoms with Crippen LogP contribution in [0.25, 0.3) is 0 Å². The molecule has 1 amide bonds. The van der Waals surface area contributed by atoms with Crippen LogP contribution in [-0.4, -0.2) is 18.2 Å². The van der Waals surface area contributed by atoms with Crippen molar-refractivity contribution in [3.05, 3.63) is 35.9 Å². The van der Waals surface area contributed by atoms with Crippen molar-refractivity contribution < 1.29 is 9.59 Å². The largest absolute Gasteiger partial charge is 0.349 e. The van der Waals surface area contributed by atoms with Crippen molar-refractivity contribution in [3.8, 4) is 0 Å². The highest BCUT2D eigenvalue weighted by Crippen LogP contribution is 1.99. The van der Waals surface area contributed by atoms with Crippen LogP contribution in [-0.2, 0) is 4.79 Å². The summed E-state index contributed by atoms with van der Waals surface area (Å²) in [5.41, 5.74) is 0.616. The van der Waals surface area contributed by atoms with Gasteiger partial charge in [0.1, 0.15) is 6.29 Å². The van der Waals surface area contributed by atoms with Gasteiger partial charge in [0.05, 0.1) is 0 Å². The van der Waals surface area contributed by atoms with E-state index in [2.05, 4.69) is 5.32 Å². The molecule has 1 N–H and O–H groups in total. The minimum Gasteiger partial charge on any atom is -0.349 e. The van der Waals surface area contributed by atoms with E-state index in [-0.39, 0.29) is 11.9 Å². The highest BCUT2D eigenvalue weighted by atomic mass is 16.1. The van der Waals surface area contributed by atoms with Gasteiger partial charge in [-0.2, -0.15) is 0 Å². The normalized spacial score (nSPS) is 11.8. The fourth-order valence-electron chi connectivity index (χ4n) is 1.10. The molecule has 14 heavy (non-hydrogen) atoms. The average molecular weight is 191 g/mol. The molecular formula is C11H13NO2. The maximum atomic E-state index is 11.5. The first-order valence-corrected chi connectivity index (χ1v) is 4.53. The number of amides is 1.